The van der Waals surface area contributed by atoms with Gasteiger partial charge in [-0.3, -0.25) is 4.79 Å². The van der Waals surface area contributed by atoms with Crippen LogP contribution in [0.15, 0.2) is 18.2 Å². The van der Waals surface area contributed by atoms with E-state index in [2.05, 4.69) is 26.1 Å². The molecule has 1 aliphatic rings. The van der Waals surface area contributed by atoms with E-state index < -0.39 is 0 Å². The molecule has 0 aromatic heterocycles. The minimum atomic E-state index is -0.122. The number of anilines is 1. The van der Waals surface area contributed by atoms with Crippen LogP contribution in [0.5, 0.6) is 0 Å². The fourth-order valence-electron chi connectivity index (χ4n) is 3.07. The van der Waals surface area contributed by atoms with Gasteiger partial charge in [0.25, 0.3) is 0 Å². The van der Waals surface area contributed by atoms with Crippen LogP contribution in [0.25, 0.3) is 0 Å². The highest BCUT2D eigenvalue weighted by Gasteiger charge is 2.32. The summed E-state index contributed by atoms with van der Waals surface area (Å²) in [4.78, 5) is 28.4. The summed E-state index contributed by atoms with van der Waals surface area (Å²) in [5.74, 6) is 0.0705. The Bertz CT molecular complexity index is 594. The van der Waals surface area contributed by atoms with Gasteiger partial charge in [-0.25, -0.2) is 4.79 Å². The molecule has 1 aromatic rings. The highest BCUT2D eigenvalue weighted by molar-refractivity contribution is 5.96. The molecule has 1 heterocycles. The molecule has 132 valence electrons. The molecular weight excluding hydrogens is 302 g/mol. The molecular formula is C19H29N3O2. The van der Waals surface area contributed by atoms with E-state index in [1.165, 1.54) is 11.1 Å². The second kappa shape index (κ2) is 8.18. The first-order valence-corrected chi connectivity index (χ1v) is 8.89. The normalized spacial score (nSPS) is 17.2. The SMILES string of the molecule is CCCN(CCC)C(=O)NC1CC(=O)N(c2ccc(C)c(C)c2)C1. The summed E-state index contributed by atoms with van der Waals surface area (Å²) < 4.78 is 0. The lowest BCUT2D eigenvalue weighted by Gasteiger charge is -2.24. The van der Waals surface area contributed by atoms with Crippen LogP contribution in [0.1, 0.15) is 44.2 Å². The molecule has 1 aliphatic heterocycles. The van der Waals surface area contributed by atoms with Gasteiger partial charge in [0, 0.05) is 31.7 Å². The van der Waals surface area contributed by atoms with Crippen molar-refractivity contribution in [3.63, 3.8) is 0 Å². The average molecular weight is 331 g/mol. The second-order valence-electron chi connectivity index (χ2n) is 6.61. The first-order valence-electron chi connectivity index (χ1n) is 8.89. The Kier molecular flexibility index (Phi) is 6.23. The predicted molar refractivity (Wildman–Crippen MR) is 97.4 cm³/mol. The molecule has 0 spiro atoms. The van der Waals surface area contributed by atoms with Crippen LogP contribution in [-0.2, 0) is 4.79 Å². The van der Waals surface area contributed by atoms with Crippen molar-refractivity contribution in [1.29, 1.82) is 0 Å². The standard InChI is InChI=1S/C19H29N3O2/c1-5-9-21(10-6-2)19(24)20-16-12-18(23)22(13-16)17-8-7-14(3)15(4)11-17/h7-8,11,16H,5-6,9-10,12-13H2,1-4H3,(H,20,24). The molecule has 1 unspecified atom stereocenters. The van der Waals surface area contributed by atoms with Gasteiger partial charge in [0.05, 0.1) is 6.04 Å². The van der Waals surface area contributed by atoms with Gasteiger partial charge in [-0.15, -0.1) is 0 Å². The number of urea groups is 1. The first-order chi connectivity index (χ1) is 11.5. The lowest BCUT2D eigenvalue weighted by Crippen LogP contribution is -2.46. The molecule has 1 fully saturated rings. The molecule has 1 atom stereocenters. The summed E-state index contributed by atoms with van der Waals surface area (Å²) in [6, 6.07) is 5.87. The minimum absolute atomic E-state index is 0.0570. The van der Waals surface area contributed by atoms with Crippen LogP contribution in [0.4, 0.5) is 10.5 Å². The number of benzene rings is 1. The molecule has 3 amide bonds. The van der Waals surface area contributed by atoms with Crippen molar-refractivity contribution in [2.45, 2.75) is 53.0 Å². The Labute approximate surface area is 145 Å². The maximum absolute atomic E-state index is 12.4. The van der Waals surface area contributed by atoms with Crippen LogP contribution < -0.4 is 10.2 Å². The third-order valence-electron chi connectivity index (χ3n) is 4.53. The summed E-state index contributed by atoms with van der Waals surface area (Å²) in [7, 11) is 0. The fraction of sp³-hybridized carbons (Fsp3) is 0.579. The maximum Gasteiger partial charge on any atom is 0.317 e. The largest absolute Gasteiger partial charge is 0.333 e. The van der Waals surface area contributed by atoms with Gasteiger partial charge < -0.3 is 15.1 Å². The maximum atomic E-state index is 12.4. The lowest BCUT2D eigenvalue weighted by atomic mass is 10.1. The third kappa shape index (κ3) is 4.28. The van der Waals surface area contributed by atoms with E-state index in [9.17, 15) is 9.59 Å². The predicted octanol–water partition coefficient (Wildman–Crippen LogP) is 3.24. The molecule has 1 saturated heterocycles. The second-order valence-corrected chi connectivity index (χ2v) is 6.61. The lowest BCUT2D eigenvalue weighted by molar-refractivity contribution is -0.117. The molecule has 24 heavy (non-hydrogen) atoms. The number of hydrogen-bond acceptors (Lipinski definition) is 2. The van der Waals surface area contributed by atoms with Gasteiger partial charge in [0.15, 0.2) is 0 Å². The third-order valence-corrected chi connectivity index (χ3v) is 4.53. The zero-order valence-corrected chi connectivity index (χ0v) is 15.3. The first kappa shape index (κ1) is 18.3. The molecule has 0 aliphatic carbocycles. The number of carbonyl (C=O) groups is 2. The van der Waals surface area contributed by atoms with E-state index in [0.29, 0.717) is 13.0 Å². The van der Waals surface area contributed by atoms with E-state index in [1.54, 1.807) is 4.90 Å². The van der Waals surface area contributed by atoms with Gasteiger partial charge in [-0.2, -0.15) is 0 Å². The van der Waals surface area contributed by atoms with Crippen LogP contribution in [0.3, 0.4) is 0 Å². The number of nitrogens with one attached hydrogen (secondary N) is 1. The van der Waals surface area contributed by atoms with Gasteiger partial charge in [0.1, 0.15) is 0 Å². The Balaban J connectivity index is 2.01. The van der Waals surface area contributed by atoms with Gasteiger partial charge in [0.2, 0.25) is 5.91 Å². The van der Waals surface area contributed by atoms with Crippen molar-refractivity contribution in [1.82, 2.24) is 10.2 Å². The molecule has 0 radical (unpaired) electrons. The summed E-state index contributed by atoms with van der Waals surface area (Å²) in [5.41, 5.74) is 3.30. The Morgan fingerprint density at radius 2 is 1.88 bits per heavy atom. The monoisotopic (exact) mass is 331 g/mol. The molecule has 0 saturated carbocycles. The molecule has 0 bridgehead atoms. The Morgan fingerprint density at radius 1 is 1.21 bits per heavy atom. The van der Waals surface area contributed by atoms with E-state index in [0.717, 1.165) is 31.6 Å². The molecule has 5 heteroatoms. The van der Waals surface area contributed by atoms with Gasteiger partial charge in [-0.1, -0.05) is 19.9 Å². The van der Waals surface area contributed by atoms with Crippen molar-refractivity contribution in [3.05, 3.63) is 29.3 Å². The van der Waals surface area contributed by atoms with Crippen LogP contribution in [0, 0.1) is 13.8 Å². The summed E-state index contributed by atoms with van der Waals surface area (Å²) >= 11 is 0. The zero-order valence-electron chi connectivity index (χ0n) is 15.3. The highest BCUT2D eigenvalue weighted by Crippen LogP contribution is 2.24. The number of aryl methyl sites for hydroxylation is 2. The average Bonchev–Trinajstić information content (AvgIpc) is 2.90. The smallest absolute Gasteiger partial charge is 0.317 e. The minimum Gasteiger partial charge on any atom is -0.333 e. The number of nitrogens with zero attached hydrogens (tertiary/aromatic N) is 2. The Hall–Kier alpha value is -2.04. The molecule has 2 rings (SSSR count). The molecule has 1 aromatic carbocycles. The van der Waals surface area contributed by atoms with E-state index in [4.69, 9.17) is 0 Å². The van der Waals surface area contributed by atoms with Gasteiger partial charge >= 0.3 is 6.03 Å². The van der Waals surface area contributed by atoms with Crippen molar-refractivity contribution < 1.29 is 9.59 Å². The number of amides is 3. The van der Waals surface area contributed by atoms with E-state index >= 15 is 0 Å². The van der Waals surface area contributed by atoms with Crippen molar-refractivity contribution in [3.8, 4) is 0 Å². The number of carbonyl (C=O) groups excluding carboxylic acids is 2. The van der Waals surface area contributed by atoms with Crippen LogP contribution >= 0.6 is 0 Å². The fourth-order valence-corrected chi connectivity index (χ4v) is 3.07. The Morgan fingerprint density at radius 3 is 2.46 bits per heavy atom. The van der Waals surface area contributed by atoms with Crippen LogP contribution in [0.2, 0.25) is 0 Å². The molecule has 1 N–H and O–H groups in total. The summed E-state index contributed by atoms with van der Waals surface area (Å²) in [6.07, 6.45) is 2.24. The summed E-state index contributed by atoms with van der Waals surface area (Å²) in [6.45, 7) is 10.3. The van der Waals surface area contributed by atoms with Crippen molar-refractivity contribution in [2.24, 2.45) is 0 Å². The van der Waals surface area contributed by atoms with E-state index in [1.807, 2.05) is 30.0 Å². The number of hydrogen-bond donors (Lipinski definition) is 1. The van der Waals surface area contributed by atoms with Crippen molar-refractivity contribution >= 4 is 17.6 Å². The molecule has 5 nitrogen and oxygen atoms in total. The van der Waals surface area contributed by atoms with Crippen LogP contribution in [-0.4, -0.2) is 42.5 Å². The quantitative estimate of drug-likeness (QED) is 0.870. The zero-order chi connectivity index (χ0) is 17.7. The van der Waals surface area contributed by atoms with Gasteiger partial charge in [-0.05, 0) is 49.9 Å². The number of rotatable bonds is 6. The summed E-state index contributed by atoms with van der Waals surface area (Å²) in [5, 5.41) is 3.03. The highest BCUT2D eigenvalue weighted by atomic mass is 16.2. The van der Waals surface area contributed by atoms with E-state index in [-0.39, 0.29) is 18.0 Å². The van der Waals surface area contributed by atoms with Crippen molar-refractivity contribution in [2.75, 3.05) is 24.5 Å². The topological polar surface area (TPSA) is 52.7 Å².